The van der Waals surface area contributed by atoms with E-state index in [-0.39, 0.29) is 6.29 Å². The van der Waals surface area contributed by atoms with Gasteiger partial charge in [-0.3, -0.25) is 9.59 Å². The van der Waals surface area contributed by atoms with Gasteiger partial charge in [0.15, 0.2) is 11.8 Å². The number of hydrogen-bond acceptors (Lipinski definition) is 5. The van der Waals surface area contributed by atoms with E-state index in [0.29, 0.717) is 6.07 Å². The quantitative estimate of drug-likeness (QED) is 0.491. The summed E-state index contributed by atoms with van der Waals surface area (Å²) in [7, 11) is 0. The van der Waals surface area contributed by atoms with E-state index in [4.69, 9.17) is 0 Å². The highest BCUT2D eigenvalue weighted by atomic mass is 19.4. The number of hydrogen-bond donors (Lipinski definition) is 1. The summed E-state index contributed by atoms with van der Waals surface area (Å²) < 4.78 is 38.7. The molecule has 17 heavy (non-hydrogen) atoms. The van der Waals surface area contributed by atoms with Crippen LogP contribution in [-0.4, -0.2) is 22.6 Å². The minimum atomic E-state index is -5.11. The van der Waals surface area contributed by atoms with E-state index in [1.54, 1.807) is 4.98 Å². The Hall–Kier alpha value is -2.39. The highest BCUT2D eigenvalue weighted by Gasteiger charge is 2.34. The molecule has 0 fully saturated rings. The van der Waals surface area contributed by atoms with E-state index >= 15 is 0 Å². The van der Waals surface area contributed by atoms with Crippen molar-refractivity contribution in [1.29, 1.82) is 0 Å². The third kappa shape index (κ3) is 3.03. The number of H-pyrrole nitrogens is 1. The number of alkyl halides is 3. The highest BCUT2D eigenvalue weighted by Crippen LogP contribution is 2.22. The molecule has 0 aromatic carbocycles. The van der Waals surface area contributed by atoms with E-state index < -0.39 is 34.0 Å². The predicted octanol–water partition coefficient (Wildman–Crippen LogP) is 0.994. The van der Waals surface area contributed by atoms with E-state index in [1.807, 2.05) is 0 Å². The number of aldehydes is 1. The molecule has 0 unspecified atom stereocenters. The maximum absolute atomic E-state index is 11.8. The minimum absolute atomic E-state index is 0.131. The summed E-state index contributed by atoms with van der Waals surface area (Å²) in [4.78, 5) is 32.2. The van der Waals surface area contributed by atoms with Crippen molar-refractivity contribution in [3.8, 4) is 5.88 Å². The molecule has 0 aliphatic carbocycles. The number of nitro groups is 1. The SMILES string of the molecule is O=Cc1c([N+](=O)[O-])[nH]c(OC(F)(F)F)cc1=O. The predicted molar refractivity (Wildman–Crippen MR) is 45.8 cm³/mol. The molecular weight excluding hydrogens is 249 g/mol. The van der Waals surface area contributed by atoms with Gasteiger partial charge in [-0.15, -0.1) is 13.2 Å². The molecule has 0 atom stereocenters. The molecule has 10 heteroatoms. The molecule has 7 nitrogen and oxygen atoms in total. The maximum atomic E-state index is 11.8. The van der Waals surface area contributed by atoms with Crippen molar-refractivity contribution in [3.05, 3.63) is 32.0 Å². The molecule has 0 amide bonds. The summed E-state index contributed by atoms with van der Waals surface area (Å²) in [5.41, 5.74) is -2.13. The van der Waals surface area contributed by atoms with Crippen LogP contribution in [-0.2, 0) is 0 Å². The normalized spacial score (nSPS) is 11.0. The van der Waals surface area contributed by atoms with Crippen LogP contribution in [0.2, 0.25) is 0 Å². The number of nitrogens with one attached hydrogen (secondary N) is 1. The Morgan fingerprint density at radius 3 is 2.47 bits per heavy atom. The van der Waals surface area contributed by atoms with Gasteiger partial charge in [0.1, 0.15) is 0 Å². The second-order valence-electron chi connectivity index (χ2n) is 2.68. The van der Waals surface area contributed by atoms with Gasteiger partial charge in [0.2, 0.25) is 5.43 Å². The molecule has 1 rings (SSSR count). The van der Waals surface area contributed by atoms with Crippen LogP contribution in [0.1, 0.15) is 10.4 Å². The monoisotopic (exact) mass is 252 g/mol. The van der Waals surface area contributed by atoms with Gasteiger partial charge in [0.05, 0.1) is 6.07 Å². The van der Waals surface area contributed by atoms with Crippen molar-refractivity contribution >= 4 is 12.1 Å². The molecule has 0 saturated heterocycles. The number of aromatic amines is 1. The summed E-state index contributed by atoms with van der Waals surface area (Å²) in [5, 5.41) is 10.4. The summed E-state index contributed by atoms with van der Waals surface area (Å²) in [6, 6.07) is 0.296. The Balaban J connectivity index is 3.35. The van der Waals surface area contributed by atoms with Crippen LogP contribution in [0.15, 0.2) is 10.9 Å². The fourth-order valence-electron chi connectivity index (χ4n) is 0.971. The second kappa shape index (κ2) is 4.23. The molecule has 0 aliphatic heterocycles. The van der Waals surface area contributed by atoms with Crippen molar-refractivity contribution in [3.63, 3.8) is 0 Å². The van der Waals surface area contributed by atoms with Crippen LogP contribution in [0.5, 0.6) is 5.88 Å². The Morgan fingerprint density at radius 1 is 1.47 bits per heavy atom. The average Bonchev–Trinajstić information content (AvgIpc) is 2.13. The summed E-state index contributed by atoms with van der Waals surface area (Å²) in [6.07, 6.45) is -5.24. The molecule has 0 spiro atoms. The third-order valence-electron chi connectivity index (χ3n) is 1.55. The van der Waals surface area contributed by atoms with Gasteiger partial charge < -0.3 is 14.9 Å². The van der Waals surface area contributed by atoms with E-state index in [0.717, 1.165) is 0 Å². The molecule has 1 heterocycles. The first kappa shape index (κ1) is 12.7. The third-order valence-corrected chi connectivity index (χ3v) is 1.55. The standard InChI is InChI=1S/C7H3F3N2O5/c8-7(9,10)17-5-1-4(14)3(2-13)6(11-5)12(15)16/h1-2H,(H,11,14). The van der Waals surface area contributed by atoms with Crippen LogP contribution in [0, 0.1) is 10.1 Å². The maximum Gasteiger partial charge on any atom is 0.575 e. The van der Waals surface area contributed by atoms with Gasteiger partial charge in [-0.25, -0.2) is 4.98 Å². The number of pyridine rings is 1. The molecule has 0 aliphatic rings. The Morgan fingerprint density at radius 2 is 2.06 bits per heavy atom. The Bertz CT molecular complexity index is 521. The van der Waals surface area contributed by atoms with Crippen molar-refractivity contribution in [2.24, 2.45) is 0 Å². The van der Waals surface area contributed by atoms with Crippen LogP contribution < -0.4 is 10.2 Å². The van der Waals surface area contributed by atoms with E-state index in [9.17, 15) is 32.9 Å². The zero-order valence-electron chi connectivity index (χ0n) is 7.78. The number of rotatable bonds is 3. The topological polar surface area (TPSA) is 102 Å². The van der Waals surface area contributed by atoms with Gasteiger partial charge in [-0.2, -0.15) is 0 Å². The number of aromatic nitrogens is 1. The van der Waals surface area contributed by atoms with Gasteiger partial charge in [-0.1, -0.05) is 0 Å². The second-order valence-corrected chi connectivity index (χ2v) is 2.68. The number of nitrogens with zero attached hydrogens (tertiary/aromatic N) is 1. The van der Waals surface area contributed by atoms with E-state index in [1.165, 1.54) is 0 Å². The largest absolute Gasteiger partial charge is 0.575 e. The summed E-state index contributed by atoms with van der Waals surface area (Å²) >= 11 is 0. The van der Waals surface area contributed by atoms with Crippen molar-refractivity contribution < 1.29 is 27.6 Å². The zero-order valence-corrected chi connectivity index (χ0v) is 7.78. The van der Waals surface area contributed by atoms with Crippen LogP contribution in [0.4, 0.5) is 19.0 Å². The molecular formula is C7H3F3N2O5. The van der Waals surface area contributed by atoms with Crippen molar-refractivity contribution in [1.82, 2.24) is 4.98 Å². The van der Waals surface area contributed by atoms with Crippen molar-refractivity contribution in [2.75, 3.05) is 0 Å². The number of ether oxygens (including phenoxy) is 1. The molecule has 0 radical (unpaired) electrons. The minimum Gasteiger partial charge on any atom is -0.370 e. The fraction of sp³-hybridized carbons (Fsp3) is 0.143. The van der Waals surface area contributed by atoms with Crippen molar-refractivity contribution in [2.45, 2.75) is 6.36 Å². The number of carbonyl (C=O) groups excluding carboxylic acids is 1. The first-order valence-electron chi connectivity index (χ1n) is 3.87. The van der Waals surface area contributed by atoms with Crippen LogP contribution in [0.3, 0.4) is 0 Å². The molecule has 0 bridgehead atoms. The van der Waals surface area contributed by atoms with Crippen LogP contribution in [0.25, 0.3) is 0 Å². The molecule has 92 valence electrons. The Labute approximate surface area is 90.0 Å². The molecule has 1 aromatic heterocycles. The van der Waals surface area contributed by atoms with Gasteiger partial charge in [0.25, 0.3) is 5.88 Å². The Kier molecular flexibility index (Phi) is 3.16. The van der Waals surface area contributed by atoms with Gasteiger partial charge in [-0.05, 0) is 4.92 Å². The summed E-state index contributed by atoms with van der Waals surface area (Å²) in [5.74, 6) is -2.33. The molecule has 1 N–H and O–H groups in total. The average molecular weight is 252 g/mol. The van der Waals surface area contributed by atoms with E-state index in [2.05, 4.69) is 4.74 Å². The first-order valence-corrected chi connectivity index (χ1v) is 3.87. The zero-order chi connectivity index (χ0) is 13.2. The lowest BCUT2D eigenvalue weighted by Crippen LogP contribution is -2.21. The smallest absolute Gasteiger partial charge is 0.370 e. The number of halogens is 3. The van der Waals surface area contributed by atoms with Gasteiger partial charge >= 0.3 is 12.2 Å². The lowest BCUT2D eigenvalue weighted by atomic mass is 10.2. The first-order chi connectivity index (χ1) is 7.74. The van der Waals surface area contributed by atoms with Gasteiger partial charge in [0, 0.05) is 0 Å². The molecule has 0 saturated carbocycles. The molecule has 1 aromatic rings. The highest BCUT2D eigenvalue weighted by molar-refractivity contribution is 5.79. The number of carbonyl (C=O) groups is 1. The lowest BCUT2D eigenvalue weighted by molar-refractivity contribution is -0.390. The lowest BCUT2D eigenvalue weighted by Gasteiger charge is -2.06. The van der Waals surface area contributed by atoms with Crippen LogP contribution >= 0.6 is 0 Å². The fourth-order valence-corrected chi connectivity index (χ4v) is 0.971. The summed E-state index contributed by atoms with van der Waals surface area (Å²) in [6.45, 7) is 0.